The molecule has 0 aliphatic rings. The van der Waals surface area contributed by atoms with Gasteiger partial charge in [-0.25, -0.2) is 4.79 Å². The minimum Gasteiger partial charge on any atom is -0.508 e. The van der Waals surface area contributed by atoms with Crippen molar-refractivity contribution in [2.75, 3.05) is 6.61 Å². The molecule has 1 heterocycles. The predicted octanol–water partition coefficient (Wildman–Crippen LogP) is 1.62. The molecule has 6 heteroatoms. The summed E-state index contributed by atoms with van der Waals surface area (Å²) < 4.78 is 9.85. The average molecular weight is 234 g/mol. The van der Waals surface area contributed by atoms with Crippen molar-refractivity contribution in [1.29, 1.82) is 0 Å². The summed E-state index contributed by atoms with van der Waals surface area (Å²) in [5.74, 6) is -0.626. The van der Waals surface area contributed by atoms with Crippen LogP contribution >= 0.6 is 0 Å². The maximum atomic E-state index is 11.3. The van der Waals surface area contributed by atoms with Crippen LogP contribution in [0.15, 0.2) is 28.7 Å². The maximum absolute atomic E-state index is 11.3. The predicted molar refractivity (Wildman–Crippen MR) is 57.4 cm³/mol. The highest BCUT2D eigenvalue weighted by Gasteiger charge is 2.16. The number of benzene rings is 1. The van der Waals surface area contributed by atoms with E-state index in [1.165, 1.54) is 12.1 Å². The zero-order valence-corrected chi connectivity index (χ0v) is 9.08. The highest BCUT2D eigenvalue weighted by atomic mass is 16.5. The second kappa shape index (κ2) is 4.65. The maximum Gasteiger partial charge on any atom is 0.396 e. The molecule has 0 unspecified atom stereocenters. The molecule has 2 aromatic rings. The van der Waals surface area contributed by atoms with Gasteiger partial charge in [-0.15, -0.1) is 10.2 Å². The van der Waals surface area contributed by atoms with Gasteiger partial charge < -0.3 is 14.3 Å². The fourth-order valence-corrected chi connectivity index (χ4v) is 1.25. The summed E-state index contributed by atoms with van der Waals surface area (Å²) in [5.41, 5.74) is 0.535. The number of esters is 1. The van der Waals surface area contributed by atoms with E-state index in [1.807, 2.05) is 0 Å². The number of hydrogen-bond donors (Lipinski definition) is 1. The largest absolute Gasteiger partial charge is 0.508 e. The summed E-state index contributed by atoms with van der Waals surface area (Å²) in [5, 5.41) is 16.6. The smallest absolute Gasteiger partial charge is 0.396 e. The fourth-order valence-electron chi connectivity index (χ4n) is 1.25. The Morgan fingerprint density at radius 2 is 2.29 bits per heavy atom. The minimum absolute atomic E-state index is 0.0818. The Morgan fingerprint density at radius 1 is 1.47 bits per heavy atom. The zero-order valence-electron chi connectivity index (χ0n) is 9.08. The summed E-state index contributed by atoms with van der Waals surface area (Å²) in [4.78, 5) is 11.3. The summed E-state index contributed by atoms with van der Waals surface area (Å²) in [7, 11) is 0. The second-order valence-corrected chi connectivity index (χ2v) is 3.18. The van der Waals surface area contributed by atoms with Crippen molar-refractivity contribution >= 4 is 5.97 Å². The first-order valence-corrected chi connectivity index (χ1v) is 5.00. The van der Waals surface area contributed by atoms with Crippen molar-refractivity contribution in [2.45, 2.75) is 6.92 Å². The van der Waals surface area contributed by atoms with Crippen LogP contribution in [0, 0.1) is 0 Å². The van der Waals surface area contributed by atoms with Crippen molar-refractivity contribution in [3.05, 3.63) is 30.2 Å². The van der Waals surface area contributed by atoms with Gasteiger partial charge in [-0.1, -0.05) is 6.07 Å². The fraction of sp³-hybridized carbons (Fsp3) is 0.182. The van der Waals surface area contributed by atoms with Gasteiger partial charge in [-0.05, 0) is 25.1 Å². The first-order chi connectivity index (χ1) is 8.20. The first kappa shape index (κ1) is 11.1. The molecule has 0 saturated heterocycles. The van der Waals surface area contributed by atoms with E-state index in [9.17, 15) is 9.90 Å². The number of nitrogens with zero attached hydrogens (tertiary/aromatic N) is 2. The van der Waals surface area contributed by atoms with Gasteiger partial charge in [0.15, 0.2) is 0 Å². The quantitative estimate of drug-likeness (QED) is 0.812. The number of phenols is 1. The van der Waals surface area contributed by atoms with E-state index in [4.69, 9.17) is 9.15 Å². The normalized spacial score (nSPS) is 10.2. The van der Waals surface area contributed by atoms with Gasteiger partial charge in [0.25, 0.3) is 0 Å². The summed E-state index contributed by atoms with van der Waals surface area (Å²) in [6.45, 7) is 1.92. The molecular weight excluding hydrogens is 224 g/mol. The van der Waals surface area contributed by atoms with Crippen molar-refractivity contribution in [1.82, 2.24) is 10.2 Å². The van der Waals surface area contributed by atoms with Gasteiger partial charge in [0, 0.05) is 5.56 Å². The molecule has 0 fully saturated rings. The lowest BCUT2D eigenvalue weighted by Gasteiger charge is -1.96. The zero-order chi connectivity index (χ0) is 12.3. The van der Waals surface area contributed by atoms with E-state index >= 15 is 0 Å². The second-order valence-electron chi connectivity index (χ2n) is 3.18. The van der Waals surface area contributed by atoms with Crippen LogP contribution in [0.3, 0.4) is 0 Å². The molecule has 0 amide bonds. The molecule has 2 rings (SSSR count). The lowest BCUT2D eigenvalue weighted by molar-refractivity contribution is 0.0481. The third-order valence-corrected chi connectivity index (χ3v) is 1.97. The number of carbonyl (C=O) groups excluding carboxylic acids is 1. The lowest BCUT2D eigenvalue weighted by atomic mass is 10.2. The number of phenolic OH excluding ortho intramolecular Hbond substituents is 1. The molecular formula is C11H10N2O4. The van der Waals surface area contributed by atoms with Crippen molar-refractivity contribution in [3.8, 4) is 17.2 Å². The van der Waals surface area contributed by atoms with Crippen LogP contribution in [0.5, 0.6) is 5.75 Å². The van der Waals surface area contributed by atoms with Crippen molar-refractivity contribution < 1.29 is 19.1 Å². The molecule has 0 spiro atoms. The Balaban J connectivity index is 2.27. The molecule has 0 aliphatic heterocycles. The van der Waals surface area contributed by atoms with E-state index < -0.39 is 5.97 Å². The van der Waals surface area contributed by atoms with E-state index in [-0.39, 0.29) is 24.1 Å². The van der Waals surface area contributed by atoms with Crippen LogP contribution < -0.4 is 0 Å². The Kier molecular flexibility index (Phi) is 3.04. The van der Waals surface area contributed by atoms with Crippen molar-refractivity contribution in [3.63, 3.8) is 0 Å². The van der Waals surface area contributed by atoms with E-state index in [0.29, 0.717) is 5.56 Å². The Morgan fingerprint density at radius 3 is 3.00 bits per heavy atom. The number of aromatic hydroxyl groups is 1. The summed E-state index contributed by atoms with van der Waals surface area (Å²) >= 11 is 0. The molecule has 0 atom stereocenters. The van der Waals surface area contributed by atoms with E-state index in [0.717, 1.165) is 0 Å². The molecule has 0 aliphatic carbocycles. The highest BCUT2D eigenvalue weighted by Crippen LogP contribution is 2.21. The van der Waals surface area contributed by atoms with Gasteiger partial charge in [0.1, 0.15) is 5.75 Å². The monoisotopic (exact) mass is 234 g/mol. The van der Waals surface area contributed by atoms with Crippen LogP contribution in [0.1, 0.15) is 17.6 Å². The number of aromatic nitrogens is 2. The summed E-state index contributed by atoms with van der Waals surface area (Å²) in [6, 6.07) is 6.30. The molecule has 88 valence electrons. The molecule has 6 nitrogen and oxygen atoms in total. The van der Waals surface area contributed by atoms with Gasteiger partial charge in [0.05, 0.1) is 6.61 Å². The molecule has 1 N–H and O–H groups in total. The number of carbonyl (C=O) groups is 1. The average Bonchev–Trinajstić information content (AvgIpc) is 2.78. The summed E-state index contributed by atoms with van der Waals surface area (Å²) in [6.07, 6.45) is 0. The standard InChI is InChI=1S/C11H10N2O4/c1-2-16-11(15)10-13-12-9(17-10)7-4-3-5-8(14)6-7/h3-6,14H,2H2,1H3. The van der Waals surface area contributed by atoms with Gasteiger partial charge in [0.2, 0.25) is 5.89 Å². The number of rotatable bonds is 3. The molecule has 1 aromatic heterocycles. The molecule has 0 bridgehead atoms. The van der Waals surface area contributed by atoms with Crippen LogP contribution in [0.2, 0.25) is 0 Å². The lowest BCUT2D eigenvalue weighted by Crippen LogP contribution is -2.04. The third kappa shape index (κ3) is 2.41. The molecule has 0 saturated carbocycles. The molecule has 0 radical (unpaired) electrons. The topological polar surface area (TPSA) is 85.5 Å². The van der Waals surface area contributed by atoms with Gasteiger partial charge in [-0.2, -0.15) is 0 Å². The Bertz CT molecular complexity index is 536. The van der Waals surface area contributed by atoms with Crippen LogP contribution in [-0.4, -0.2) is 27.9 Å². The molecule has 1 aromatic carbocycles. The Hall–Kier alpha value is -2.37. The molecule has 17 heavy (non-hydrogen) atoms. The minimum atomic E-state index is -0.661. The van der Waals surface area contributed by atoms with Crippen LogP contribution in [-0.2, 0) is 4.74 Å². The highest BCUT2D eigenvalue weighted by molar-refractivity contribution is 5.84. The number of hydrogen-bond acceptors (Lipinski definition) is 6. The number of ether oxygens (including phenoxy) is 1. The van der Waals surface area contributed by atoms with Gasteiger partial charge >= 0.3 is 11.9 Å². The first-order valence-electron chi connectivity index (χ1n) is 5.00. The van der Waals surface area contributed by atoms with Crippen molar-refractivity contribution in [2.24, 2.45) is 0 Å². The van der Waals surface area contributed by atoms with Gasteiger partial charge in [-0.3, -0.25) is 0 Å². The Labute approximate surface area is 96.9 Å². The third-order valence-electron chi connectivity index (χ3n) is 1.97. The van der Waals surface area contributed by atoms with Crippen LogP contribution in [0.25, 0.3) is 11.5 Å². The van der Waals surface area contributed by atoms with Crippen LogP contribution in [0.4, 0.5) is 0 Å². The SMILES string of the molecule is CCOC(=O)c1nnc(-c2cccc(O)c2)o1. The van der Waals surface area contributed by atoms with E-state index in [2.05, 4.69) is 10.2 Å². The van der Waals surface area contributed by atoms with E-state index in [1.54, 1.807) is 19.1 Å².